The highest BCUT2D eigenvalue weighted by atomic mass is 16.5. The average molecular weight is 249 g/mol. The Kier molecular flexibility index (Phi) is 6.99. The van der Waals surface area contributed by atoms with E-state index in [2.05, 4.69) is 51.2 Å². The fourth-order valence-electron chi connectivity index (χ4n) is 1.90. The molecule has 1 aromatic rings. The second-order valence-corrected chi connectivity index (χ2v) is 5.16. The fourth-order valence-corrected chi connectivity index (χ4v) is 1.90. The molecule has 0 saturated heterocycles. The van der Waals surface area contributed by atoms with Crippen molar-refractivity contribution in [3.8, 4) is 0 Å². The minimum absolute atomic E-state index is 0.355. The first-order valence-electron chi connectivity index (χ1n) is 6.98. The van der Waals surface area contributed by atoms with Crippen molar-refractivity contribution in [1.82, 2.24) is 5.32 Å². The molecule has 0 fully saturated rings. The molecule has 18 heavy (non-hydrogen) atoms. The van der Waals surface area contributed by atoms with Gasteiger partial charge in [0.15, 0.2) is 0 Å². The van der Waals surface area contributed by atoms with E-state index in [9.17, 15) is 0 Å². The quantitative estimate of drug-likeness (QED) is 0.711. The van der Waals surface area contributed by atoms with Crippen molar-refractivity contribution in [1.29, 1.82) is 0 Å². The first-order chi connectivity index (χ1) is 8.61. The summed E-state index contributed by atoms with van der Waals surface area (Å²) in [7, 11) is 0. The largest absolute Gasteiger partial charge is 0.379 e. The average Bonchev–Trinajstić information content (AvgIpc) is 2.32. The Hall–Kier alpha value is -0.860. The lowest BCUT2D eigenvalue weighted by Gasteiger charge is -2.10. The number of aryl methyl sites for hydroxylation is 1. The highest BCUT2D eigenvalue weighted by molar-refractivity contribution is 5.32. The Bertz CT molecular complexity index is 347. The van der Waals surface area contributed by atoms with Gasteiger partial charge >= 0.3 is 0 Å². The van der Waals surface area contributed by atoms with Crippen LogP contribution in [0.4, 0.5) is 0 Å². The third kappa shape index (κ3) is 5.65. The van der Waals surface area contributed by atoms with Crippen LogP contribution < -0.4 is 5.32 Å². The molecule has 2 nitrogen and oxygen atoms in total. The van der Waals surface area contributed by atoms with Crippen LogP contribution in [0.15, 0.2) is 18.2 Å². The number of ether oxygens (including phenoxy) is 1. The second kappa shape index (κ2) is 8.28. The van der Waals surface area contributed by atoms with Gasteiger partial charge in [-0.05, 0) is 63.8 Å². The summed E-state index contributed by atoms with van der Waals surface area (Å²) in [5.41, 5.74) is 4.20. The molecule has 1 rings (SSSR count). The monoisotopic (exact) mass is 249 g/mol. The lowest BCUT2D eigenvalue weighted by Crippen LogP contribution is -2.16. The number of hydrogen-bond acceptors (Lipinski definition) is 2. The molecule has 0 saturated carbocycles. The maximum atomic E-state index is 5.51. The van der Waals surface area contributed by atoms with Gasteiger partial charge in [0, 0.05) is 13.2 Å². The molecular formula is C16H27NO. The van der Waals surface area contributed by atoms with Crippen molar-refractivity contribution in [2.75, 3.05) is 13.2 Å². The normalized spacial score (nSPS) is 11.2. The van der Waals surface area contributed by atoms with Crippen molar-refractivity contribution in [3.63, 3.8) is 0 Å². The third-order valence-electron chi connectivity index (χ3n) is 3.23. The predicted molar refractivity (Wildman–Crippen MR) is 77.9 cm³/mol. The van der Waals surface area contributed by atoms with E-state index in [0.29, 0.717) is 6.10 Å². The van der Waals surface area contributed by atoms with Crippen molar-refractivity contribution >= 4 is 0 Å². The molecule has 0 aromatic heterocycles. The van der Waals surface area contributed by atoms with E-state index in [1.807, 2.05) is 0 Å². The minimum Gasteiger partial charge on any atom is -0.379 e. The summed E-state index contributed by atoms with van der Waals surface area (Å²) < 4.78 is 5.51. The van der Waals surface area contributed by atoms with Crippen LogP contribution in [0.3, 0.4) is 0 Å². The van der Waals surface area contributed by atoms with E-state index in [1.54, 1.807) is 0 Å². The number of rotatable bonds is 8. The first kappa shape index (κ1) is 15.2. The van der Waals surface area contributed by atoms with Gasteiger partial charge in [-0.2, -0.15) is 0 Å². The molecule has 0 aliphatic carbocycles. The zero-order valence-electron chi connectivity index (χ0n) is 12.3. The molecule has 0 amide bonds. The Morgan fingerprint density at radius 1 is 1.17 bits per heavy atom. The summed E-state index contributed by atoms with van der Waals surface area (Å²) in [5.74, 6) is 0. The molecule has 0 aliphatic rings. The van der Waals surface area contributed by atoms with Crippen molar-refractivity contribution in [2.45, 2.75) is 53.2 Å². The Morgan fingerprint density at radius 2 is 1.94 bits per heavy atom. The molecule has 0 aliphatic heterocycles. The predicted octanol–water partition coefficient (Wildman–Crippen LogP) is 3.60. The minimum atomic E-state index is 0.355. The smallest absolute Gasteiger partial charge is 0.0518 e. The Balaban J connectivity index is 2.13. The molecule has 2 heteroatoms. The Labute approximate surface area is 112 Å². The van der Waals surface area contributed by atoms with E-state index in [-0.39, 0.29) is 0 Å². The maximum Gasteiger partial charge on any atom is 0.0518 e. The van der Waals surface area contributed by atoms with Crippen LogP contribution in [0.2, 0.25) is 0 Å². The van der Waals surface area contributed by atoms with Gasteiger partial charge < -0.3 is 10.1 Å². The first-order valence-corrected chi connectivity index (χ1v) is 6.98. The molecule has 0 atom stereocenters. The molecule has 0 spiro atoms. The van der Waals surface area contributed by atoms with Gasteiger partial charge in [0.25, 0.3) is 0 Å². The van der Waals surface area contributed by atoms with Crippen molar-refractivity contribution in [2.24, 2.45) is 0 Å². The van der Waals surface area contributed by atoms with Gasteiger partial charge in [0.05, 0.1) is 6.10 Å². The van der Waals surface area contributed by atoms with Crippen LogP contribution >= 0.6 is 0 Å². The summed E-state index contributed by atoms with van der Waals surface area (Å²) in [6.45, 7) is 11.4. The maximum absolute atomic E-state index is 5.51. The van der Waals surface area contributed by atoms with Crippen molar-refractivity contribution in [3.05, 3.63) is 34.9 Å². The van der Waals surface area contributed by atoms with E-state index >= 15 is 0 Å². The summed E-state index contributed by atoms with van der Waals surface area (Å²) in [6, 6.07) is 6.51. The third-order valence-corrected chi connectivity index (χ3v) is 3.23. The Morgan fingerprint density at radius 3 is 2.67 bits per heavy atom. The number of benzene rings is 1. The van der Waals surface area contributed by atoms with Crippen LogP contribution in [-0.4, -0.2) is 19.3 Å². The summed E-state index contributed by atoms with van der Waals surface area (Å²) in [4.78, 5) is 0. The van der Waals surface area contributed by atoms with E-state index in [4.69, 9.17) is 4.74 Å². The van der Waals surface area contributed by atoms with Crippen LogP contribution in [0, 0.1) is 13.8 Å². The van der Waals surface area contributed by atoms with E-state index in [0.717, 1.165) is 26.1 Å². The lowest BCUT2D eigenvalue weighted by molar-refractivity contribution is 0.0760. The molecule has 1 N–H and O–H groups in total. The van der Waals surface area contributed by atoms with E-state index in [1.165, 1.54) is 23.1 Å². The standard InChI is InChI=1S/C16H27NO/c1-13(2)18-11-6-5-10-17-12-16-9-7-8-14(3)15(16)4/h7-9,13,17H,5-6,10-12H2,1-4H3. The van der Waals surface area contributed by atoms with Gasteiger partial charge in [0.2, 0.25) is 0 Å². The summed E-state index contributed by atoms with van der Waals surface area (Å²) in [5, 5.41) is 3.50. The van der Waals surface area contributed by atoms with Crippen LogP contribution in [0.5, 0.6) is 0 Å². The van der Waals surface area contributed by atoms with Gasteiger partial charge in [-0.25, -0.2) is 0 Å². The summed E-state index contributed by atoms with van der Waals surface area (Å²) in [6.07, 6.45) is 2.67. The molecular weight excluding hydrogens is 222 g/mol. The molecule has 0 heterocycles. The fraction of sp³-hybridized carbons (Fsp3) is 0.625. The topological polar surface area (TPSA) is 21.3 Å². The van der Waals surface area contributed by atoms with Gasteiger partial charge in [0.1, 0.15) is 0 Å². The molecule has 102 valence electrons. The van der Waals surface area contributed by atoms with Gasteiger partial charge in [-0.15, -0.1) is 0 Å². The lowest BCUT2D eigenvalue weighted by atomic mass is 10.0. The summed E-state index contributed by atoms with van der Waals surface area (Å²) >= 11 is 0. The number of hydrogen-bond donors (Lipinski definition) is 1. The van der Waals surface area contributed by atoms with E-state index < -0.39 is 0 Å². The molecule has 0 unspecified atom stereocenters. The van der Waals surface area contributed by atoms with Crippen LogP contribution in [0.25, 0.3) is 0 Å². The molecule has 0 bridgehead atoms. The number of unbranched alkanes of at least 4 members (excludes halogenated alkanes) is 1. The van der Waals surface area contributed by atoms with Crippen molar-refractivity contribution < 1.29 is 4.74 Å². The highest BCUT2D eigenvalue weighted by Gasteiger charge is 1.99. The second-order valence-electron chi connectivity index (χ2n) is 5.16. The zero-order valence-corrected chi connectivity index (χ0v) is 12.3. The highest BCUT2D eigenvalue weighted by Crippen LogP contribution is 2.12. The van der Waals surface area contributed by atoms with Gasteiger partial charge in [-0.3, -0.25) is 0 Å². The van der Waals surface area contributed by atoms with Gasteiger partial charge in [-0.1, -0.05) is 18.2 Å². The zero-order chi connectivity index (χ0) is 13.4. The van der Waals surface area contributed by atoms with Crippen LogP contribution in [-0.2, 0) is 11.3 Å². The number of nitrogens with one attached hydrogen (secondary N) is 1. The SMILES string of the molecule is Cc1cccc(CNCCCCOC(C)C)c1C. The molecule has 0 radical (unpaired) electrons. The molecule has 1 aromatic carbocycles. The van der Waals surface area contributed by atoms with Crippen LogP contribution in [0.1, 0.15) is 43.4 Å².